The van der Waals surface area contributed by atoms with Crippen molar-refractivity contribution in [3.8, 4) is 5.95 Å². The number of carbonyl (C=O) groups is 1. The summed E-state index contributed by atoms with van der Waals surface area (Å²) in [4.78, 5) is 21.2. The van der Waals surface area contributed by atoms with E-state index in [9.17, 15) is 13.2 Å². The van der Waals surface area contributed by atoms with Gasteiger partial charge in [-0.2, -0.15) is 5.10 Å². The molecule has 0 saturated heterocycles. The smallest absolute Gasteiger partial charge is 0.257 e. The van der Waals surface area contributed by atoms with E-state index in [1.165, 1.54) is 6.08 Å². The lowest BCUT2D eigenvalue weighted by molar-refractivity contribution is -0.118. The van der Waals surface area contributed by atoms with Crippen molar-refractivity contribution in [3.63, 3.8) is 0 Å². The summed E-state index contributed by atoms with van der Waals surface area (Å²) in [5.41, 5.74) is 4.27. The summed E-state index contributed by atoms with van der Waals surface area (Å²) in [6.07, 6.45) is 1.31. The van der Waals surface area contributed by atoms with Crippen LogP contribution in [0.15, 0.2) is 41.8 Å². The SMILES string of the molecule is Cc1cc(C)nc(-n2nc(C)c(CC(=O)NS(=O)(=O)/C=C/c3ccccc3)c2C)n1. The first-order valence-corrected chi connectivity index (χ1v) is 10.9. The fourth-order valence-electron chi connectivity index (χ4n) is 3.05. The van der Waals surface area contributed by atoms with E-state index in [1.54, 1.807) is 42.8 Å². The van der Waals surface area contributed by atoms with E-state index in [0.29, 0.717) is 22.9 Å². The average Bonchev–Trinajstić information content (AvgIpc) is 2.94. The van der Waals surface area contributed by atoms with Gasteiger partial charge in [0.15, 0.2) is 0 Å². The Kier molecular flexibility index (Phi) is 6.12. The van der Waals surface area contributed by atoms with Crippen LogP contribution in [0.1, 0.15) is 33.9 Å². The fraction of sp³-hybridized carbons (Fsp3) is 0.238. The molecule has 2 heterocycles. The van der Waals surface area contributed by atoms with E-state index in [4.69, 9.17) is 0 Å². The third-order valence-corrected chi connectivity index (χ3v) is 5.44. The third kappa shape index (κ3) is 5.18. The third-order valence-electron chi connectivity index (χ3n) is 4.43. The second-order valence-corrected chi connectivity index (χ2v) is 8.54. The quantitative estimate of drug-likeness (QED) is 0.650. The van der Waals surface area contributed by atoms with Gasteiger partial charge in [-0.05, 0) is 45.4 Å². The van der Waals surface area contributed by atoms with Gasteiger partial charge in [-0.15, -0.1) is 0 Å². The fourth-order valence-corrected chi connectivity index (χ4v) is 3.84. The summed E-state index contributed by atoms with van der Waals surface area (Å²) < 4.78 is 28.1. The number of sulfonamides is 1. The topological polar surface area (TPSA) is 107 Å². The Morgan fingerprint density at radius 2 is 1.70 bits per heavy atom. The molecule has 0 bridgehead atoms. The summed E-state index contributed by atoms with van der Waals surface area (Å²) in [6.45, 7) is 7.30. The molecule has 0 aliphatic rings. The molecule has 0 spiro atoms. The minimum absolute atomic E-state index is 0.124. The number of carbonyl (C=O) groups excluding carboxylic acids is 1. The summed E-state index contributed by atoms with van der Waals surface area (Å²) in [6, 6.07) is 10.8. The van der Waals surface area contributed by atoms with Crippen LogP contribution in [0, 0.1) is 27.7 Å². The van der Waals surface area contributed by atoms with Crippen LogP contribution < -0.4 is 4.72 Å². The van der Waals surface area contributed by atoms with Crippen molar-refractivity contribution in [2.75, 3.05) is 0 Å². The van der Waals surface area contributed by atoms with E-state index >= 15 is 0 Å². The first-order valence-electron chi connectivity index (χ1n) is 9.31. The maximum Gasteiger partial charge on any atom is 0.257 e. The minimum atomic E-state index is -3.91. The molecule has 1 N–H and O–H groups in total. The van der Waals surface area contributed by atoms with Crippen molar-refractivity contribution < 1.29 is 13.2 Å². The largest absolute Gasteiger partial charge is 0.274 e. The van der Waals surface area contributed by atoms with Gasteiger partial charge in [-0.25, -0.2) is 27.8 Å². The summed E-state index contributed by atoms with van der Waals surface area (Å²) in [5, 5.41) is 5.42. The normalized spacial score (nSPS) is 11.7. The van der Waals surface area contributed by atoms with Crippen LogP contribution in [-0.4, -0.2) is 34.1 Å². The van der Waals surface area contributed by atoms with Crippen LogP contribution in [-0.2, 0) is 21.2 Å². The standard InChI is InChI=1S/C21H23N5O3S/c1-14-12-15(2)23-21(22-14)26-17(4)19(16(3)24-26)13-20(27)25-30(28,29)11-10-18-8-6-5-7-9-18/h5-12H,13H2,1-4H3,(H,25,27)/b11-10+. The lowest BCUT2D eigenvalue weighted by Crippen LogP contribution is -2.30. The van der Waals surface area contributed by atoms with E-state index in [-0.39, 0.29) is 6.42 Å². The molecule has 30 heavy (non-hydrogen) atoms. The van der Waals surface area contributed by atoms with Gasteiger partial charge < -0.3 is 0 Å². The van der Waals surface area contributed by atoms with Crippen LogP contribution >= 0.6 is 0 Å². The minimum Gasteiger partial charge on any atom is -0.274 e. The zero-order chi connectivity index (χ0) is 21.9. The van der Waals surface area contributed by atoms with Crippen molar-refractivity contribution in [1.29, 1.82) is 0 Å². The molecule has 0 aliphatic heterocycles. The van der Waals surface area contributed by atoms with Gasteiger partial charge in [-0.1, -0.05) is 30.3 Å². The molecule has 0 radical (unpaired) electrons. The molecular weight excluding hydrogens is 402 g/mol. The van der Waals surface area contributed by atoms with Crippen molar-refractivity contribution in [1.82, 2.24) is 24.5 Å². The summed E-state index contributed by atoms with van der Waals surface area (Å²) >= 11 is 0. The molecule has 0 fully saturated rings. The number of nitrogens with zero attached hydrogens (tertiary/aromatic N) is 4. The Hall–Kier alpha value is -3.33. The highest BCUT2D eigenvalue weighted by atomic mass is 32.2. The Morgan fingerprint density at radius 1 is 1.07 bits per heavy atom. The predicted molar refractivity (Wildman–Crippen MR) is 114 cm³/mol. The number of benzene rings is 1. The first kappa shape index (κ1) is 21.4. The molecule has 0 aliphatic carbocycles. The van der Waals surface area contributed by atoms with Crippen LogP contribution in [0.2, 0.25) is 0 Å². The molecule has 0 saturated carbocycles. The number of aromatic nitrogens is 4. The number of rotatable bonds is 6. The molecule has 8 nitrogen and oxygen atoms in total. The van der Waals surface area contributed by atoms with E-state index in [2.05, 4.69) is 19.8 Å². The number of amides is 1. The molecule has 156 valence electrons. The first-order chi connectivity index (χ1) is 14.1. The lowest BCUT2D eigenvalue weighted by Gasteiger charge is -2.06. The van der Waals surface area contributed by atoms with E-state index in [1.807, 2.05) is 26.0 Å². The van der Waals surface area contributed by atoms with Crippen molar-refractivity contribution in [3.05, 3.63) is 75.7 Å². The second-order valence-electron chi connectivity index (χ2n) is 6.97. The van der Waals surface area contributed by atoms with Crippen LogP contribution in [0.5, 0.6) is 0 Å². The Balaban J connectivity index is 1.77. The van der Waals surface area contributed by atoms with Gasteiger partial charge in [0.2, 0.25) is 5.91 Å². The molecule has 2 aromatic heterocycles. The summed E-state index contributed by atoms with van der Waals surface area (Å²) in [7, 11) is -3.91. The highest BCUT2D eigenvalue weighted by Gasteiger charge is 2.19. The highest BCUT2D eigenvalue weighted by molar-refractivity contribution is 7.93. The van der Waals surface area contributed by atoms with Crippen LogP contribution in [0.25, 0.3) is 12.0 Å². The van der Waals surface area contributed by atoms with Gasteiger partial charge in [0.05, 0.1) is 17.5 Å². The van der Waals surface area contributed by atoms with E-state index in [0.717, 1.165) is 22.4 Å². The van der Waals surface area contributed by atoms with Gasteiger partial charge in [-0.3, -0.25) is 4.79 Å². The number of hydrogen-bond donors (Lipinski definition) is 1. The van der Waals surface area contributed by atoms with Crippen LogP contribution in [0.3, 0.4) is 0 Å². The molecular formula is C21H23N5O3S. The van der Waals surface area contributed by atoms with Gasteiger partial charge in [0, 0.05) is 22.6 Å². The second kappa shape index (κ2) is 8.58. The predicted octanol–water partition coefficient (Wildman–Crippen LogP) is 2.56. The molecule has 0 unspecified atom stereocenters. The maximum absolute atomic E-state index is 12.4. The Morgan fingerprint density at radius 3 is 2.33 bits per heavy atom. The van der Waals surface area contributed by atoms with Crippen molar-refractivity contribution in [2.24, 2.45) is 0 Å². The van der Waals surface area contributed by atoms with Crippen molar-refractivity contribution >= 4 is 22.0 Å². The van der Waals surface area contributed by atoms with Gasteiger partial charge in [0.25, 0.3) is 16.0 Å². The number of nitrogens with one attached hydrogen (secondary N) is 1. The molecule has 3 rings (SSSR count). The Bertz CT molecular complexity index is 1190. The number of aryl methyl sites for hydroxylation is 3. The molecule has 1 aromatic carbocycles. The molecule has 0 atom stereocenters. The van der Waals surface area contributed by atoms with Gasteiger partial charge >= 0.3 is 0 Å². The highest BCUT2D eigenvalue weighted by Crippen LogP contribution is 2.17. The van der Waals surface area contributed by atoms with E-state index < -0.39 is 15.9 Å². The molecule has 9 heteroatoms. The summed E-state index contributed by atoms with van der Waals surface area (Å²) in [5.74, 6) is -0.224. The monoisotopic (exact) mass is 425 g/mol. The average molecular weight is 426 g/mol. The van der Waals surface area contributed by atoms with Gasteiger partial charge in [0.1, 0.15) is 0 Å². The zero-order valence-electron chi connectivity index (χ0n) is 17.2. The Labute approximate surface area is 175 Å². The zero-order valence-corrected chi connectivity index (χ0v) is 18.1. The van der Waals surface area contributed by atoms with Crippen molar-refractivity contribution in [2.45, 2.75) is 34.1 Å². The van der Waals surface area contributed by atoms with Crippen LogP contribution in [0.4, 0.5) is 0 Å². The molecule has 3 aromatic rings. The number of hydrogen-bond acceptors (Lipinski definition) is 6. The maximum atomic E-state index is 12.4. The lowest BCUT2D eigenvalue weighted by atomic mass is 10.1. The molecule has 1 amide bonds.